The molecule has 5 nitrogen and oxygen atoms in total. The highest BCUT2D eigenvalue weighted by atomic mass is 32.2. The van der Waals surface area contributed by atoms with E-state index >= 15 is 0 Å². The highest BCUT2D eigenvalue weighted by molar-refractivity contribution is 7.87. The number of halogens is 3. The first-order valence-electron chi connectivity index (χ1n) is 6.14. The van der Waals surface area contributed by atoms with E-state index in [-0.39, 0.29) is 18.6 Å². The maximum Gasteiger partial charge on any atom is 0.534 e. The molecule has 9 heteroatoms. The van der Waals surface area contributed by atoms with Crippen LogP contribution in [0.25, 0.3) is 0 Å². The molecule has 0 fully saturated rings. The summed E-state index contributed by atoms with van der Waals surface area (Å²) in [5.41, 5.74) is -6.17. The van der Waals surface area contributed by atoms with Crippen LogP contribution in [0.15, 0.2) is 11.3 Å². The molecule has 0 aromatic carbocycles. The van der Waals surface area contributed by atoms with Crippen molar-refractivity contribution in [3.63, 3.8) is 0 Å². The summed E-state index contributed by atoms with van der Waals surface area (Å²) in [4.78, 5) is 11.0. The number of carbonyl (C=O) groups excluding carboxylic acids is 1. The van der Waals surface area contributed by atoms with Gasteiger partial charge < -0.3 is 8.92 Å². The predicted molar refractivity (Wildman–Crippen MR) is 67.3 cm³/mol. The van der Waals surface area contributed by atoms with E-state index in [0.717, 1.165) is 0 Å². The quantitative estimate of drug-likeness (QED) is 0.452. The smallest absolute Gasteiger partial charge is 0.462 e. The van der Waals surface area contributed by atoms with E-state index in [4.69, 9.17) is 4.74 Å². The predicted octanol–water partition coefficient (Wildman–Crippen LogP) is 2.88. The lowest BCUT2D eigenvalue weighted by atomic mass is 9.76. The molecule has 0 aromatic heterocycles. The summed E-state index contributed by atoms with van der Waals surface area (Å²) in [6.07, 6.45) is -0.211. The molecule has 1 aliphatic carbocycles. The van der Waals surface area contributed by atoms with E-state index in [1.165, 1.54) is 27.7 Å². The molecule has 1 atom stereocenters. The number of carbonyl (C=O) groups is 1. The second-order valence-corrected chi connectivity index (χ2v) is 7.15. The Labute approximate surface area is 121 Å². The third-order valence-corrected chi connectivity index (χ3v) is 4.04. The molecular weight excluding hydrogens is 313 g/mol. The van der Waals surface area contributed by atoms with Crippen LogP contribution in [-0.2, 0) is 23.8 Å². The van der Waals surface area contributed by atoms with Gasteiger partial charge in [0.1, 0.15) is 11.9 Å². The molecule has 0 amide bonds. The lowest BCUT2D eigenvalue weighted by Crippen LogP contribution is -2.36. The van der Waals surface area contributed by atoms with Crippen molar-refractivity contribution < 1.29 is 35.3 Å². The van der Waals surface area contributed by atoms with E-state index in [1.54, 1.807) is 0 Å². The SMILES string of the molecule is CC(=O)O[C@@H]1CC(C)=C(OS(=O)(=O)C(F)(F)F)C(C)(C)C1. The van der Waals surface area contributed by atoms with Crippen molar-refractivity contribution in [3.8, 4) is 0 Å². The summed E-state index contributed by atoms with van der Waals surface area (Å²) in [6, 6.07) is 0. The fourth-order valence-electron chi connectivity index (χ4n) is 2.40. The Morgan fingerprint density at radius 3 is 2.24 bits per heavy atom. The van der Waals surface area contributed by atoms with Gasteiger partial charge in [0.25, 0.3) is 0 Å². The van der Waals surface area contributed by atoms with Crippen molar-refractivity contribution in [2.24, 2.45) is 5.41 Å². The minimum Gasteiger partial charge on any atom is -0.462 e. The average Bonchev–Trinajstić information content (AvgIpc) is 2.20. The van der Waals surface area contributed by atoms with Crippen molar-refractivity contribution >= 4 is 16.1 Å². The number of hydrogen-bond donors (Lipinski definition) is 0. The highest BCUT2D eigenvalue weighted by Crippen LogP contribution is 2.44. The van der Waals surface area contributed by atoms with Gasteiger partial charge in [-0.05, 0) is 18.9 Å². The normalized spacial score (nSPS) is 22.9. The van der Waals surface area contributed by atoms with Crippen molar-refractivity contribution in [1.29, 1.82) is 0 Å². The van der Waals surface area contributed by atoms with Crippen LogP contribution in [0.2, 0.25) is 0 Å². The minimum absolute atomic E-state index is 0.131. The van der Waals surface area contributed by atoms with Gasteiger partial charge in [-0.25, -0.2) is 0 Å². The van der Waals surface area contributed by atoms with Crippen molar-refractivity contribution in [2.75, 3.05) is 0 Å². The Bertz CT molecular complexity index is 560. The molecule has 1 aliphatic rings. The van der Waals surface area contributed by atoms with Gasteiger partial charge in [-0.2, -0.15) is 21.6 Å². The van der Waals surface area contributed by atoms with Crippen LogP contribution in [-0.4, -0.2) is 26.0 Å². The van der Waals surface area contributed by atoms with Crippen LogP contribution < -0.4 is 0 Å². The second kappa shape index (κ2) is 5.51. The van der Waals surface area contributed by atoms with Crippen LogP contribution in [0.5, 0.6) is 0 Å². The van der Waals surface area contributed by atoms with Crippen LogP contribution in [0.3, 0.4) is 0 Å². The van der Waals surface area contributed by atoms with Gasteiger partial charge >= 0.3 is 21.6 Å². The van der Waals surface area contributed by atoms with E-state index in [0.29, 0.717) is 5.57 Å². The third-order valence-electron chi connectivity index (χ3n) is 3.08. The molecule has 122 valence electrons. The van der Waals surface area contributed by atoms with E-state index in [1.807, 2.05) is 0 Å². The topological polar surface area (TPSA) is 69.7 Å². The fourth-order valence-corrected chi connectivity index (χ4v) is 3.09. The zero-order valence-corrected chi connectivity index (χ0v) is 12.9. The number of hydrogen-bond acceptors (Lipinski definition) is 5. The summed E-state index contributed by atoms with van der Waals surface area (Å²) in [7, 11) is -5.71. The molecule has 0 heterocycles. The monoisotopic (exact) mass is 330 g/mol. The summed E-state index contributed by atoms with van der Waals surface area (Å²) in [6.45, 7) is 5.76. The molecule has 0 unspecified atom stereocenters. The van der Waals surface area contributed by atoms with E-state index in [2.05, 4.69) is 4.18 Å². The average molecular weight is 330 g/mol. The molecule has 1 rings (SSSR count). The molecule has 0 saturated carbocycles. The number of ether oxygens (including phenoxy) is 1. The van der Waals surface area contributed by atoms with Crippen LogP contribution in [0, 0.1) is 5.41 Å². The fraction of sp³-hybridized carbons (Fsp3) is 0.750. The largest absolute Gasteiger partial charge is 0.534 e. The van der Waals surface area contributed by atoms with Gasteiger partial charge in [0.15, 0.2) is 0 Å². The Morgan fingerprint density at radius 1 is 1.33 bits per heavy atom. The van der Waals surface area contributed by atoms with Crippen molar-refractivity contribution in [1.82, 2.24) is 0 Å². The second-order valence-electron chi connectivity index (χ2n) is 5.62. The molecular formula is C12H17F3O5S. The molecule has 0 radical (unpaired) electrons. The summed E-state index contributed by atoms with van der Waals surface area (Å²) in [5.74, 6) is -0.751. The first kappa shape index (κ1) is 17.8. The minimum atomic E-state index is -5.71. The van der Waals surface area contributed by atoms with Crippen LogP contribution in [0.4, 0.5) is 13.2 Å². The van der Waals surface area contributed by atoms with Crippen molar-refractivity contribution in [3.05, 3.63) is 11.3 Å². The lowest BCUT2D eigenvalue weighted by molar-refractivity contribution is -0.148. The summed E-state index contributed by atoms with van der Waals surface area (Å²) in [5, 5.41) is 0. The first-order chi connectivity index (χ1) is 9.26. The number of esters is 1. The van der Waals surface area contributed by atoms with Crippen molar-refractivity contribution in [2.45, 2.75) is 52.1 Å². The Kier molecular flexibility index (Phi) is 4.67. The number of allylic oxidation sites excluding steroid dienone is 1. The van der Waals surface area contributed by atoms with Gasteiger partial charge in [0, 0.05) is 18.8 Å². The summed E-state index contributed by atoms with van der Waals surface area (Å²) < 4.78 is 68.9. The van der Waals surface area contributed by atoms with Gasteiger partial charge in [-0.15, -0.1) is 0 Å². The molecule has 0 spiro atoms. The molecule has 0 aromatic rings. The summed E-state index contributed by atoms with van der Waals surface area (Å²) >= 11 is 0. The molecule has 0 bridgehead atoms. The highest BCUT2D eigenvalue weighted by Gasteiger charge is 2.51. The van der Waals surface area contributed by atoms with E-state index in [9.17, 15) is 26.4 Å². The lowest BCUT2D eigenvalue weighted by Gasteiger charge is -2.37. The maximum atomic E-state index is 12.4. The molecule has 0 aliphatic heterocycles. The Morgan fingerprint density at radius 2 is 1.86 bits per heavy atom. The van der Waals surface area contributed by atoms with Gasteiger partial charge in [-0.1, -0.05) is 13.8 Å². The van der Waals surface area contributed by atoms with Crippen LogP contribution in [0.1, 0.15) is 40.5 Å². The maximum absolute atomic E-state index is 12.4. The standard InChI is InChI=1S/C12H17F3O5S/c1-7-5-9(19-8(2)16)6-11(3,4)10(7)20-21(17,18)12(13,14)15/h9H,5-6H2,1-4H3/t9-/m1/s1. The molecule has 0 saturated heterocycles. The van der Waals surface area contributed by atoms with Gasteiger partial charge in [-0.3, -0.25) is 4.79 Å². The van der Waals surface area contributed by atoms with Gasteiger partial charge in [0.05, 0.1) is 0 Å². The zero-order valence-electron chi connectivity index (χ0n) is 12.1. The third kappa shape index (κ3) is 4.12. The molecule has 0 N–H and O–H groups in total. The number of rotatable bonds is 3. The van der Waals surface area contributed by atoms with Crippen LogP contribution >= 0.6 is 0 Å². The Hall–Kier alpha value is -1.25. The molecule has 21 heavy (non-hydrogen) atoms. The van der Waals surface area contributed by atoms with Gasteiger partial charge in [0.2, 0.25) is 0 Å². The zero-order chi connectivity index (χ0) is 16.6. The Balaban J connectivity index is 3.09. The number of alkyl halides is 3. The first-order valence-corrected chi connectivity index (χ1v) is 7.55. The van der Waals surface area contributed by atoms with E-state index < -0.39 is 33.1 Å².